The number of rotatable bonds is 3. The van der Waals surface area contributed by atoms with Gasteiger partial charge < -0.3 is 14.8 Å². The van der Waals surface area contributed by atoms with Gasteiger partial charge in [0.15, 0.2) is 5.54 Å². The summed E-state index contributed by atoms with van der Waals surface area (Å²) in [5.41, 5.74) is 0.947. The van der Waals surface area contributed by atoms with Gasteiger partial charge >= 0.3 is 0 Å². The highest BCUT2D eigenvalue weighted by molar-refractivity contribution is 8.16. The lowest BCUT2D eigenvalue weighted by atomic mass is 9.70. The van der Waals surface area contributed by atoms with Crippen LogP contribution >= 0.6 is 11.8 Å². The molecule has 4 heterocycles. The molecular weight excluding hydrogens is 442 g/mol. The Hall–Kier alpha value is -3.04. The molecule has 2 N–H and O–H groups in total. The first kappa shape index (κ1) is 20.6. The molecule has 4 aliphatic rings. The quantitative estimate of drug-likeness (QED) is 0.720. The number of hydrogen-bond donors (Lipinski definition) is 2. The number of nitrogens with one attached hydrogen (secondary N) is 2. The third kappa shape index (κ3) is 2.38. The molecule has 3 fully saturated rings. The maximum Gasteiger partial charge on any atom is 0.286 e. The Balaban J connectivity index is 1.68. The fourth-order valence-electron chi connectivity index (χ4n) is 6.47. The van der Waals surface area contributed by atoms with Gasteiger partial charge in [0.25, 0.3) is 11.1 Å². The Bertz CT molecular complexity index is 1200. The summed E-state index contributed by atoms with van der Waals surface area (Å²) in [6.45, 7) is 0.661. The van der Waals surface area contributed by atoms with Crippen molar-refractivity contribution in [3.63, 3.8) is 0 Å². The van der Waals surface area contributed by atoms with Crippen molar-refractivity contribution in [1.29, 1.82) is 0 Å². The maximum atomic E-state index is 13.9. The predicted molar refractivity (Wildman–Crippen MR) is 123 cm³/mol. The lowest BCUT2D eigenvalue weighted by Gasteiger charge is -2.41. The van der Waals surface area contributed by atoms with Crippen molar-refractivity contribution < 1.29 is 23.9 Å². The van der Waals surface area contributed by atoms with Crippen LogP contribution in [-0.2, 0) is 15.1 Å². The van der Waals surface area contributed by atoms with Crippen LogP contribution in [0.4, 0.5) is 10.5 Å². The number of amides is 3. The minimum Gasteiger partial charge on any atom is -0.497 e. The van der Waals surface area contributed by atoms with Crippen LogP contribution in [-0.4, -0.2) is 53.5 Å². The van der Waals surface area contributed by atoms with Crippen LogP contribution in [0.1, 0.15) is 29.9 Å². The molecule has 0 bridgehead atoms. The fraction of sp³-hybridized carbons (Fsp3) is 0.375. The third-order valence-electron chi connectivity index (χ3n) is 7.52. The fourth-order valence-corrected chi connectivity index (χ4v) is 7.94. The van der Waals surface area contributed by atoms with E-state index in [1.54, 1.807) is 20.3 Å². The van der Waals surface area contributed by atoms with Crippen LogP contribution in [0.25, 0.3) is 0 Å². The van der Waals surface area contributed by atoms with E-state index < -0.39 is 27.4 Å². The van der Waals surface area contributed by atoms with Crippen molar-refractivity contribution in [2.24, 2.45) is 0 Å². The van der Waals surface area contributed by atoms with Gasteiger partial charge in [-0.1, -0.05) is 18.2 Å². The average Bonchev–Trinajstić information content (AvgIpc) is 3.52. The van der Waals surface area contributed by atoms with Gasteiger partial charge in [0.2, 0.25) is 5.91 Å². The number of methoxy groups -OCH3 is 2. The number of carbonyl (C=O) groups excluding carboxylic acids is 3. The van der Waals surface area contributed by atoms with Gasteiger partial charge in [0.1, 0.15) is 16.2 Å². The molecule has 0 unspecified atom stereocenters. The topological polar surface area (TPSA) is 97.0 Å². The Kier molecular flexibility index (Phi) is 4.35. The van der Waals surface area contributed by atoms with Crippen LogP contribution in [0.3, 0.4) is 0 Å². The Morgan fingerprint density at radius 3 is 2.39 bits per heavy atom. The monoisotopic (exact) mass is 465 g/mol. The third-order valence-corrected chi connectivity index (χ3v) is 8.87. The predicted octanol–water partition coefficient (Wildman–Crippen LogP) is 2.83. The number of anilines is 1. The number of carbonyl (C=O) groups is 3. The second kappa shape index (κ2) is 6.98. The van der Waals surface area contributed by atoms with E-state index in [9.17, 15) is 14.4 Å². The van der Waals surface area contributed by atoms with Gasteiger partial charge in [0, 0.05) is 29.3 Å². The summed E-state index contributed by atoms with van der Waals surface area (Å²) in [4.78, 5) is 42.7. The average molecular weight is 466 g/mol. The second-order valence-corrected chi connectivity index (χ2v) is 10.0. The minimum atomic E-state index is -1.37. The molecule has 4 aliphatic heterocycles. The number of ether oxygens (including phenoxy) is 2. The van der Waals surface area contributed by atoms with E-state index in [4.69, 9.17) is 9.47 Å². The summed E-state index contributed by atoms with van der Waals surface area (Å²) in [6, 6.07) is 12.9. The summed E-state index contributed by atoms with van der Waals surface area (Å²) in [5.74, 6) is 0.0696. The van der Waals surface area contributed by atoms with Crippen LogP contribution in [0.15, 0.2) is 42.5 Å². The van der Waals surface area contributed by atoms with Crippen molar-refractivity contribution in [1.82, 2.24) is 10.2 Å². The van der Waals surface area contributed by atoms with Crippen LogP contribution in [0.5, 0.6) is 11.5 Å². The molecule has 2 aromatic rings. The molecule has 33 heavy (non-hydrogen) atoms. The zero-order valence-electron chi connectivity index (χ0n) is 18.2. The van der Waals surface area contributed by atoms with Gasteiger partial charge in [-0.05, 0) is 54.9 Å². The number of hydrogen-bond acceptors (Lipinski definition) is 7. The molecule has 8 nitrogen and oxygen atoms in total. The number of para-hydroxylation sites is 1. The molecule has 0 saturated carbocycles. The first-order valence-corrected chi connectivity index (χ1v) is 11.7. The number of thioether (sulfide) groups is 1. The highest BCUT2D eigenvalue weighted by Crippen LogP contribution is 2.68. The molecule has 3 amide bonds. The summed E-state index contributed by atoms with van der Waals surface area (Å²) < 4.78 is 9.66. The van der Waals surface area contributed by atoms with Crippen molar-refractivity contribution in [2.45, 2.75) is 35.1 Å². The van der Waals surface area contributed by atoms with Gasteiger partial charge in [-0.15, -0.1) is 0 Å². The molecule has 0 aliphatic carbocycles. The van der Waals surface area contributed by atoms with Crippen LogP contribution in [0.2, 0.25) is 0 Å². The second-order valence-electron chi connectivity index (χ2n) is 8.82. The Morgan fingerprint density at radius 2 is 1.73 bits per heavy atom. The summed E-state index contributed by atoms with van der Waals surface area (Å²) in [6.07, 6.45) is 1.71. The highest BCUT2D eigenvalue weighted by Gasteiger charge is 2.80. The molecule has 6 rings (SSSR count). The zero-order chi connectivity index (χ0) is 23.0. The summed E-state index contributed by atoms with van der Waals surface area (Å²) in [7, 11) is 3.15. The van der Waals surface area contributed by atoms with E-state index in [1.165, 1.54) is 0 Å². The normalized spacial score (nSPS) is 32.2. The van der Waals surface area contributed by atoms with Gasteiger partial charge in [-0.2, -0.15) is 0 Å². The molecular formula is C24H23N3O5S. The first-order valence-electron chi connectivity index (χ1n) is 10.9. The lowest BCUT2D eigenvalue weighted by molar-refractivity contribution is -0.134. The van der Waals surface area contributed by atoms with Gasteiger partial charge in [-0.25, -0.2) is 0 Å². The molecule has 3 saturated heterocycles. The van der Waals surface area contributed by atoms with E-state index in [-0.39, 0.29) is 11.9 Å². The number of imide groups is 1. The van der Waals surface area contributed by atoms with Crippen molar-refractivity contribution in [2.75, 3.05) is 26.1 Å². The van der Waals surface area contributed by atoms with E-state index in [2.05, 4.69) is 15.5 Å². The van der Waals surface area contributed by atoms with E-state index in [0.717, 1.165) is 35.7 Å². The smallest absolute Gasteiger partial charge is 0.286 e. The number of benzene rings is 2. The lowest BCUT2D eigenvalue weighted by Crippen LogP contribution is -2.62. The van der Waals surface area contributed by atoms with Gasteiger partial charge in [0.05, 0.1) is 14.2 Å². The van der Waals surface area contributed by atoms with Crippen molar-refractivity contribution in [3.8, 4) is 11.5 Å². The molecule has 9 heteroatoms. The molecule has 0 radical (unpaired) electrons. The first-order chi connectivity index (χ1) is 16.0. The minimum absolute atomic E-state index is 0.108. The largest absolute Gasteiger partial charge is 0.497 e. The van der Waals surface area contributed by atoms with E-state index in [0.29, 0.717) is 23.7 Å². The standard InChI is InChI=1S/C24H23N3O5S/c1-31-14-10-13(11-15(12-14)32-2)19-18-8-5-9-27(18)23(24(19)21(29)26-22(30)33-24)16-6-3-4-7-17(16)25-20(23)28/h3-4,6-7,10-12,18-19H,5,8-9H2,1-2H3,(H,25,28)(H,26,29,30)/t18-,19-,23-,24+/m1/s1. The molecule has 2 aromatic carbocycles. The molecule has 0 aromatic heterocycles. The molecule has 170 valence electrons. The van der Waals surface area contributed by atoms with Crippen molar-refractivity contribution in [3.05, 3.63) is 53.6 Å². The van der Waals surface area contributed by atoms with E-state index in [1.807, 2.05) is 36.4 Å². The number of nitrogens with zero attached hydrogens (tertiary/aromatic N) is 1. The van der Waals surface area contributed by atoms with Crippen molar-refractivity contribution >= 4 is 34.5 Å². The molecule has 4 atom stereocenters. The summed E-state index contributed by atoms with van der Waals surface area (Å²) >= 11 is 0.950. The van der Waals surface area contributed by atoms with Gasteiger partial charge in [-0.3, -0.25) is 24.6 Å². The number of fused-ring (bicyclic) bond motifs is 5. The maximum absolute atomic E-state index is 13.9. The Morgan fingerprint density at radius 1 is 1.00 bits per heavy atom. The SMILES string of the molecule is COc1cc(OC)cc([C@@H]2[C@H]3CCCN3[C@]3(C(=O)Nc4ccccc43)[C@]23SC(=O)NC3=O)c1. The highest BCUT2D eigenvalue weighted by atomic mass is 32.2. The van der Waals surface area contributed by atoms with E-state index >= 15 is 0 Å². The Labute approximate surface area is 195 Å². The van der Waals surface area contributed by atoms with Crippen LogP contribution < -0.4 is 20.1 Å². The summed E-state index contributed by atoms with van der Waals surface area (Å²) in [5, 5.41) is 5.09. The van der Waals surface area contributed by atoms with Crippen LogP contribution in [0, 0.1) is 0 Å². The molecule has 2 spiro atoms. The zero-order valence-corrected chi connectivity index (χ0v) is 19.0.